The van der Waals surface area contributed by atoms with Gasteiger partial charge < -0.3 is 9.52 Å². The molecule has 0 amide bonds. The van der Waals surface area contributed by atoms with E-state index in [0.717, 1.165) is 5.39 Å². The first kappa shape index (κ1) is 8.05. The number of hydrogen-bond acceptors (Lipinski definition) is 3. The van der Waals surface area contributed by atoms with Crippen LogP contribution in [0.1, 0.15) is 10.4 Å². The summed E-state index contributed by atoms with van der Waals surface area (Å²) >= 11 is 0. The van der Waals surface area contributed by atoms with Crippen molar-refractivity contribution < 1.29 is 14.3 Å². The lowest BCUT2D eigenvalue weighted by Crippen LogP contribution is -1.95. The number of furan rings is 1. The van der Waals surface area contributed by atoms with Crippen molar-refractivity contribution in [3.63, 3.8) is 0 Å². The van der Waals surface area contributed by atoms with E-state index in [1.807, 2.05) is 6.07 Å². The smallest absolute Gasteiger partial charge is 0.339 e. The van der Waals surface area contributed by atoms with Gasteiger partial charge >= 0.3 is 5.97 Å². The molecule has 0 radical (unpaired) electrons. The van der Waals surface area contributed by atoms with E-state index in [9.17, 15) is 4.79 Å². The van der Waals surface area contributed by atoms with Crippen molar-refractivity contribution in [1.82, 2.24) is 9.61 Å². The number of fused-ring (bicyclic) bond motifs is 3. The summed E-state index contributed by atoms with van der Waals surface area (Å²) < 4.78 is 6.75. The maximum atomic E-state index is 10.9. The molecule has 0 atom stereocenters. The quantitative estimate of drug-likeness (QED) is 0.653. The minimum Gasteiger partial charge on any atom is -0.478 e. The standard InChI is InChI=1S/C10H6N2O3/c13-10(14)7-5-11-12-3-1-6-2-4-15-9(6)8(7)12/h1-5H,(H,13,14). The summed E-state index contributed by atoms with van der Waals surface area (Å²) in [6, 6.07) is 3.61. The molecule has 5 heteroatoms. The molecule has 3 aromatic rings. The molecule has 5 nitrogen and oxygen atoms in total. The fraction of sp³-hybridized carbons (Fsp3) is 0. The predicted octanol–water partition coefficient (Wildman–Crippen LogP) is 1.78. The third kappa shape index (κ3) is 0.969. The molecular weight excluding hydrogens is 196 g/mol. The van der Waals surface area contributed by atoms with Crippen LogP contribution in [0.2, 0.25) is 0 Å². The maximum Gasteiger partial charge on any atom is 0.339 e. The molecule has 3 aromatic heterocycles. The van der Waals surface area contributed by atoms with Gasteiger partial charge in [-0.05, 0) is 12.1 Å². The lowest BCUT2D eigenvalue weighted by Gasteiger charge is -1.95. The lowest BCUT2D eigenvalue weighted by atomic mass is 10.2. The van der Waals surface area contributed by atoms with Crippen molar-refractivity contribution in [3.8, 4) is 0 Å². The van der Waals surface area contributed by atoms with Gasteiger partial charge in [-0.3, -0.25) is 0 Å². The number of carboxylic acids is 1. The molecule has 74 valence electrons. The minimum atomic E-state index is -1.01. The summed E-state index contributed by atoms with van der Waals surface area (Å²) in [7, 11) is 0. The van der Waals surface area contributed by atoms with Gasteiger partial charge in [-0.2, -0.15) is 5.10 Å². The molecule has 3 rings (SSSR count). The van der Waals surface area contributed by atoms with Gasteiger partial charge in [0.1, 0.15) is 11.1 Å². The van der Waals surface area contributed by atoms with Gasteiger partial charge in [0.15, 0.2) is 5.58 Å². The van der Waals surface area contributed by atoms with Crippen LogP contribution in [0.4, 0.5) is 0 Å². The van der Waals surface area contributed by atoms with Gasteiger partial charge in [0.05, 0.1) is 12.5 Å². The first-order chi connectivity index (χ1) is 7.27. The Hall–Kier alpha value is -2.30. The molecule has 0 saturated heterocycles. The molecule has 0 spiro atoms. The van der Waals surface area contributed by atoms with E-state index in [1.165, 1.54) is 17.0 Å². The zero-order valence-corrected chi connectivity index (χ0v) is 7.54. The number of carbonyl (C=O) groups is 1. The summed E-state index contributed by atoms with van der Waals surface area (Å²) in [5.41, 5.74) is 1.19. The van der Waals surface area contributed by atoms with Crippen molar-refractivity contribution in [3.05, 3.63) is 36.4 Å². The molecular formula is C10H6N2O3. The number of nitrogens with zero attached hydrogens (tertiary/aromatic N) is 2. The topological polar surface area (TPSA) is 67.7 Å². The Morgan fingerprint density at radius 3 is 3.13 bits per heavy atom. The van der Waals surface area contributed by atoms with Crippen LogP contribution in [0.15, 0.2) is 35.2 Å². The monoisotopic (exact) mass is 202 g/mol. The molecule has 0 aliphatic heterocycles. The molecule has 0 aliphatic carbocycles. The molecule has 0 bridgehead atoms. The van der Waals surface area contributed by atoms with Crippen molar-refractivity contribution in [2.24, 2.45) is 0 Å². The largest absolute Gasteiger partial charge is 0.478 e. The van der Waals surface area contributed by atoms with Gasteiger partial charge in [-0.1, -0.05) is 0 Å². The lowest BCUT2D eigenvalue weighted by molar-refractivity contribution is 0.0699. The number of hydrogen-bond donors (Lipinski definition) is 1. The van der Waals surface area contributed by atoms with Crippen molar-refractivity contribution in [2.75, 3.05) is 0 Å². The molecule has 0 fully saturated rings. The number of pyridine rings is 1. The van der Waals surface area contributed by atoms with Crippen LogP contribution in [0.25, 0.3) is 16.5 Å². The minimum absolute atomic E-state index is 0.149. The Kier molecular flexibility index (Phi) is 1.39. The molecule has 3 heterocycles. The SMILES string of the molecule is O=C(O)c1cnn2ccc3ccoc3c12. The number of rotatable bonds is 1. The average molecular weight is 202 g/mol. The molecule has 0 aromatic carbocycles. The Bertz CT molecular complexity index is 665. The van der Waals surface area contributed by atoms with E-state index < -0.39 is 5.97 Å². The van der Waals surface area contributed by atoms with E-state index in [2.05, 4.69) is 5.10 Å². The highest BCUT2D eigenvalue weighted by Gasteiger charge is 2.15. The van der Waals surface area contributed by atoms with Crippen LogP contribution in [0, 0.1) is 0 Å². The van der Waals surface area contributed by atoms with Gasteiger partial charge in [-0.25, -0.2) is 9.31 Å². The fourth-order valence-corrected chi connectivity index (χ4v) is 1.65. The molecule has 0 unspecified atom stereocenters. The maximum absolute atomic E-state index is 10.9. The van der Waals surface area contributed by atoms with Crippen molar-refractivity contribution in [2.45, 2.75) is 0 Å². The summed E-state index contributed by atoms with van der Waals surface area (Å²) in [6.07, 6.45) is 4.56. The Morgan fingerprint density at radius 2 is 2.33 bits per heavy atom. The molecule has 0 aliphatic rings. The number of carboxylic acid groups (broad SMARTS) is 1. The van der Waals surface area contributed by atoms with Gasteiger partial charge in [0.2, 0.25) is 0 Å². The Labute approximate surface area is 83.5 Å². The summed E-state index contributed by atoms with van der Waals surface area (Å²) in [5.74, 6) is -1.01. The normalized spacial score (nSPS) is 11.2. The van der Waals surface area contributed by atoms with Crippen LogP contribution < -0.4 is 0 Å². The number of aromatic carboxylic acids is 1. The van der Waals surface area contributed by atoms with Crippen LogP contribution in [-0.2, 0) is 0 Å². The summed E-state index contributed by atoms with van der Waals surface area (Å²) in [6.45, 7) is 0. The fourth-order valence-electron chi connectivity index (χ4n) is 1.65. The van der Waals surface area contributed by atoms with Crippen LogP contribution >= 0.6 is 0 Å². The predicted molar refractivity (Wildman–Crippen MR) is 51.9 cm³/mol. The highest BCUT2D eigenvalue weighted by atomic mass is 16.4. The van der Waals surface area contributed by atoms with Crippen LogP contribution in [0.3, 0.4) is 0 Å². The summed E-state index contributed by atoms with van der Waals surface area (Å²) in [4.78, 5) is 10.9. The second kappa shape index (κ2) is 2.60. The second-order valence-corrected chi connectivity index (χ2v) is 3.18. The second-order valence-electron chi connectivity index (χ2n) is 3.18. The van der Waals surface area contributed by atoms with Crippen LogP contribution in [-0.4, -0.2) is 20.7 Å². The van der Waals surface area contributed by atoms with Crippen molar-refractivity contribution in [1.29, 1.82) is 0 Å². The molecule has 0 saturated carbocycles. The van der Waals surface area contributed by atoms with E-state index in [-0.39, 0.29) is 5.56 Å². The van der Waals surface area contributed by atoms with Gasteiger partial charge in [0.25, 0.3) is 0 Å². The zero-order valence-electron chi connectivity index (χ0n) is 7.54. The number of aromatic nitrogens is 2. The Morgan fingerprint density at radius 1 is 1.47 bits per heavy atom. The molecule has 1 N–H and O–H groups in total. The van der Waals surface area contributed by atoms with E-state index in [1.54, 1.807) is 12.3 Å². The van der Waals surface area contributed by atoms with Gasteiger partial charge in [-0.15, -0.1) is 0 Å². The van der Waals surface area contributed by atoms with E-state index in [4.69, 9.17) is 9.52 Å². The van der Waals surface area contributed by atoms with E-state index >= 15 is 0 Å². The third-order valence-electron chi connectivity index (χ3n) is 2.33. The first-order valence-electron chi connectivity index (χ1n) is 4.34. The summed E-state index contributed by atoms with van der Waals surface area (Å²) in [5, 5.41) is 13.8. The Balaban J connectivity index is 2.57. The first-order valence-corrected chi connectivity index (χ1v) is 4.34. The highest BCUT2D eigenvalue weighted by Crippen LogP contribution is 2.23. The van der Waals surface area contributed by atoms with Crippen LogP contribution in [0.5, 0.6) is 0 Å². The zero-order chi connectivity index (χ0) is 10.4. The molecule has 15 heavy (non-hydrogen) atoms. The van der Waals surface area contributed by atoms with Crippen molar-refractivity contribution >= 4 is 22.5 Å². The average Bonchev–Trinajstić information content (AvgIpc) is 2.82. The van der Waals surface area contributed by atoms with Gasteiger partial charge in [0, 0.05) is 11.6 Å². The highest BCUT2D eigenvalue weighted by molar-refractivity contribution is 6.04. The third-order valence-corrected chi connectivity index (χ3v) is 2.33. The van der Waals surface area contributed by atoms with E-state index in [0.29, 0.717) is 11.1 Å².